The fraction of sp³-hybridized carbons (Fsp3) is 0.226. The second kappa shape index (κ2) is 12.7. The summed E-state index contributed by atoms with van der Waals surface area (Å²) in [7, 11) is 2.55. The van der Waals surface area contributed by atoms with Gasteiger partial charge in [0.25, 0.3) is 5.56 Å². The van der Waals surface area contributed by atoms with Crippen LogP contribution in [0.4, 0.5) is 0 Å². The maximum absolute atomic E-state index is 13.8. The summed E-state index contributed by atoms with van der Waals surface area (Å²) in [5.41, 5.74) is 1.26. The highest BCUT2D eigenvalue weighted by Gasteiger charge is 2.31. The summed E-state index contributed by atoms with van der Waals surface area (Å²) < 4.78 is 29.1. The number of carbonyl (C=O) groups excluding carboxylic acids is 2. The number of esters is 2. The van der Waals surface area contributed by atoms with Crippen molar-refractivity contribution < 1.29 is 33.0 Å². The summed E-state index contributed by atoms with van der Waals surface area (Å²) >= 11 is 7.31. The van der Waals surface area contributed by atoms with Crippen molar-refractivity contribution in [2.75, 3.05) is 27.4 Å². The number of carbonyl (C=O) groups is 2. The second-order valence-electron chi connectivity index (χ2n) is 9.14. The molecule has 1 aliphatic heterocycles. The Labute approximate surface area is 255 Å². The fourth-order valence-corrected chi connectivity index (χ4v) is 5.79. The van der Waals surface area contributed by atoms with Crippen molar-refractivity contribution in [2.24, 2.45) is 4.99 Å². The van der Waals surface area contributed by atoms with Gasteiger partial charge in [-0.15, -0.1) is 0 Å². The molecule has 5 rings (SSSR count). The molecule has 222 valence electrons. The third-order valence-electron chi connectivity index (χ3n) is 6.56. The molecule has 0 amide bonds. The number of benzene rings is 2. The molecule has 0 unspecified atom stereocenters. The normalized spacial score (nSPS) is 14.4. The first-order chi connectivity index (χ1) is 20.8. The van der Waals surface area contributed by atoms with Crippen LogP contribution < -0.4 is 24.4 Å². The molecule has 0 N–H and O–H groups in total. The Morgan fingerprint density at radius 1 is 1.00 bits per heavy atom. The highest BCUT2D eigenvalue weighted by molar-refractivity contribution is 7.07. The molecule has 1 atom stereocenters. The van der Waals surface area contributed by atoms with Crippen molar-refractivity contribution in [1.29, 1.82) is 0 Å². The summed E-state index contributed by atoms with van der Waals surface area (Å²) in [5, 5.41) is 0.255. The molecule has 43 heavy (non-hydrogen) atoms. The van der Waals surface area contributed by atoms with E-state index in [1.807, 2.05) is 13.8 Å². The Morgan fingerprint density at radius 3 is 2.47 bits per heavy atom. The number of halogens is 1. The van der Waals surface area contributed by atoms with Crippen LogP contribution in [0.25, 0.3) is 17.4 Å². The van der Waals surface area contributed by atoms with Gasteiger partial charge in [-0.05, 0) is 61.9 Å². The van der Waals surface area contributed by atoms with Crippen molar-refractivity contribution in [2.45, 2.75) is 19.9 Å². The maximum Gasteiger partial charge on any atom is 0.339 e. The summed E-state index contributed by atoms with van der Waals surface area (Å²) in [6.45, 7) is 4.57. The SMILES string of the molecule is CCOc1ccc([C@@H]2C(C(=O)OC)=CN=c3s/c(=C/c4ccc(-c5ccc(Cl)c(C(=O)OC)c5)o4)c(=O)n32)cc1OCC. The topological polar surface area (TPSA) is 119 Å². The molecule has 12 heteroatoms. The number of aromatic nitrogens is 1. The first-order valence-electron chi connectivity index (χ1n) is 13.3. The lowest BCUT2D eigenvalue weighted by Gasteiger charge is -2.23. The van der Waals surface area contributed by atoms with E-state index < -0.39 is 18.0 Å². The smallest absolute Gasteiger partial charge is 0.339 e. The van der Waals surface area contributed by atoms with E-state index in [-0.39, 0.29) is 21.7 Å². The van der Waals surface area contributed by atoms with Crippen molar-refractivity contribution in [3.05, 3.63) is 102 Å². The molecule has 3 heterocycles. The summed E-state index contributed by atoms with van der Waals surface area (Å²) in [5.74, 6) is 0.729. The molecule has 0 radical (unpaired) electrons. The number of furan rings is 1. The first-order valence-corrected chi connectivity index (χ1v) is 14.5. The minimum absolute atomic E-state index is 0.192. The Balaban J connectivity index is 1.58. The Bertz CT molecular complexity index is 1920. The van der Waals surface area contributed by atoms with E-state index in [4.69, 9.17) is 35.0 Å². The van der Waals surface area contributed by atoms with Gasteiger partial charge in [-0.25, -0.2) is 14.6 Å². The monoisotopic (exact) mass is 622 g/mol. The molecule has 2 aromatic heterocycles. The second-order valence-corrected chi connectivity index (χ2v) is 10.6. The van der Waals surface area contributed by atoms with Crippen LogP contribution in [0.3, 0.4) is 0 Å². The quantitative estimate of drug-likeness (QED) is 0.250. The first kappa shape index (κ1) is 29.9. The van der Waals surface area contributed by atoms with E-state index in [1.54, 1.807) is 54.6 Å². The van der Waals surface area contributed by atoms with E-state index in [2.05, 4.69) is 4.99 Å². The largest absolute Gasteiger partial charge is 0.490 e. The van der Waals surface area contributed by atoms with E-state index in [0.29, 0.717) is 56.7 Å². The average molecular weight is 623 g/mol. The van der Waals surface area contributed by atoms with Crippen LogP contribution in [0.15, 0.2) is 74.5 Å². The molecule has 0 bridgehead atoms. The van der Waals surface area contributed by atoms with Crippen LogP contribution in [0, 0.1) is 0 Å². The Morgan fingerprint density at radius 2 is 1.74 bits per heavy atom. The van der Waals surface area contributed by atoms with E-state index in [9.17, 15) is 14.4 Å². The molecule has 0 saturated heterocycles. The molecule has 0 spiro atoms. The summed E-state index contributed by atoms with van der Waals surface area (Å²) in [6.07, 6.45) is 3.03. The van der Waals surface area contributed by atoms with Gasteiger partial charge in [-0.1, -0.05) is 29.0 Å². The minimum atomic E-state index is -0.821. The number of hydrogen-bond donors (Lipinski definition) is 0. The van der Waals surface area contributed by atoms with Crippen molar-refractivity contribution in [3.63, 3.8) is 0 Å². The number of fused-ring (bicyclic) bond motifs is 1. The zero-order chi connectivity index (χ0) is 30.7. The van der Waals surface area contributed by atoms with Gasteiger partial charge in [0.2, 0.25) is 0 Å². The van der Waals surface area contributed by atoms with Crippen molar-refractivity contribution >= 4 is 41.0 Å². The van der Waals surface area contributed by atoms with Crippen LogP contribution in [0.1, 0.15) is 41.6 Å². The van der Waals surface area contributed by atoms with Crippen LogP contribution >= 0.6 is 22.9 Å². The van der Waals surface area contributed by atoms with Gasteiger partial charge >= 0.3 is 11.9 Å². The lowest BCUT2D eigenvalue weighted by molar-refractivity contribution is -0.136. The van der Waals surface area contributed by atoms with Gasteiger partial charge < -0.3 is 23.4 Å². The third-order valence-corrected chi connectivity index (χ3v) is 7.89. The molecule has 2 aromatic carbocycles. The van der Waals surface area contributed by atoms with Gasteiger partial charge in [-0.2, -0.15) is 0 Å². The van der Waals surface area contributed by atoms with Gasteiger partial charge in [-0.3, -0.25) is 9.36 Å². The number of rotatable bonds is 9. The molecular formula is C31H27ClN2O8S. The van der Waals surface area contributed by atoms with Gasteiger partial charge in [0, 0.05) is 17.8 Å². The van der Waals surface area contributed by atoms with Crippen LogP contribution in [0.2, 0.25) is 5.02 Å². The maximum atomic E-state index is 13.8. The van der Waals surface area contributed by atoms with Crippen LogP contribution in [-0.4, -0.2) is 43.9 Å². The zero-order valence-corrected chi connectivity index (χ0v) is 25.3. The van der Waals surface area contributed by atoms with Gasteiger partial charge in [0.05, 0.1) is 54.2 Å². The van der Waals surface area contributed by atoms with Gasteiger partial charge in [0.1, 0.15) is 11.5 Å². The van der Waals surface area contributed by atoms with Crippen molar-refractivity contribution in [3.8, 4) is 22.8 Å². The predicted octanol–water partition coefficient (Wildman–Crippen LogP) is 4.52. The van der Waals surface area contributed by atoms with E-state index >= 15 is 0 Å². The molecule has 0 saturated carbocycles. The lowest BCUT2D eigenvalue weighted by Crippen LogP contribution is -2.39. The van der Waals surface area contributed by atoms with Crippen LogP contribution in [0.5, 0.6) is 11.5 Å². The van der Waals surface area contributed by atoms with Crippen molar-refractivity contribution in [1.82, 2.24) is 4.57 Å². The number of methoxy groups -OCH3 is 2. The molecule has 10 nitrogen and oxygen atoms in total. The average Bonchev–Trinajstić information content (AvgIpc) is 3.61. The molecule has 4 aromatic rings. The van der Waals surface area contributed by atoms with Crippen LogP contribution in [-0.2, 0) is 14.3 Å². The number of hydrogen-bond acceptors (Lipinski definition) is 10. The molecular weight excluding hydrogens is 596 g/mol. The Hall–Kier alpha value is -4.61. The molecule has 0 aliphatic carbocycles. The zero-order valence-electron chi connectivity index (χ0n) is 23.7. The van der Waals surface area contributed by atoms with Gasteiger partial charge in [0.15, 0.2) is 16.3 Å². The number of ether oxygens (including phenoxy) is 4. The fourth-order valence-electron chi connectivity index (χ4n) is 4.65. The highest BCUT2D eigenvalue weighted by Crippen LogP contribution is 2.35. The lowest BCUT2D eigenvalue weighted by atomic mass is 9.97. The summed E-state index contributed by atoms with van der Waals surface area (Å²) in [6, 6.07) is 12.8. The summed E-state index contributed by atoms with van der Waals surface area (Å²) in [4.78, 5) is 43.5. The highest BCUT2D eigenvalue weighted by atomic mass is 35.5. The standard InChI is InChI=1S/C31H27ClN2O8S/c1-5-40-24-11-8-18(14-25(24)41-6-2)27-21(30(37)39-4)16-33-31-34(27)28(35)26(43-31)15-19-9-12-23(42-19)17-7-10-22(32)20(13-17)29(36)38-3/h7-16,27H,5-6H2,1-4H3/b26-15+/t27-/m1/s1. The Kier molecular flexibility index (Phi) is 8.84. The molecule has 1 aliphatic rings. The third kappa shape index (κ3) is 5.86. The number of thiazole rings is 1. The predicted molar refractivity (Wildman–Crippen MR) is 160 cm³/mol. The number of nitrogens with zero attached hydrogens (tertiary/aromatic N) is 2. The van der Waals surface area contributed by atoms with E-state index in [1.165, 1.54) is 25.0 Å². The molecule has 0 fully saturated rings. The minimum Gasteiger partial charge on any atom is -0.490 e. The van der Waals surface area contributed by atoms with E-state index in [0.717, 1.165) is 11.3 Å².